The van der Waals surface area contributed by atoms with Gasteiger partial charge in [-0.15, -0.1) is 0 Å². The fourth-order valence-corrected chi connectivity index (χ4v) is 0.642. The van der Waals surface area contributed by atoms with Crippen molar-refractivity contribution in [3.63, 3.8) is 0 Å². The van der Waals surface area contributed by atoms with Crippen LogP contribution < -0.4 is 4.90 Å². The van der Waals surface area contributed by atoms with Crippen LogP contribution in [0.25, 0.3) is 0 Å². The van der Waals surface area contributed by atoms with Gasteiger partial charge in [0.05, 0.1) is 0 Å². The minimum atomic E-state index is 1.19. The molecule has 1 heterocycles. The summed E-state index contributed by atoms with van der Waals surface area (Å²) in [6.45, 7) is 0. The van der Waals surface area contributed by atoms with Crippen LogP contribution in [0.3, 0.4) is 0 Å². The van der Waals surface area contributed by atoms with Gasteiger partial charge in [0, 0.05) is 32.2 Å². The fraction of sp³-hybridized carbons (Fsp3) is 0.500. The van der Waals surface area contributed by atoms with Gasteiger partial charge < -0.3 is 9.80 Å². The van der Waals surface area contributed by atoms with Gasteiger partial charge in [0.1, 0.15) is 0 Å². The maximum absolute atomic E-state index is 3.90. The van der Waals surface area contributed by atoms with Gasteiger partial charge in [-0.2, -0.15) is 0 Å². The Balaban J connectivity index is 0.000000310. The van der Waals surface area contributed by atoms with Crippen LogP contribution in [0.4, 0.5) is 5.69 Å². The predicted molar refractivity (Wildman–Crippen MR) is 58.2 cm³/mol. The van der Waals surface area contributed by atoms with Crippen molar-refractivity contribution in [2.75, 3.05) is 40.1 Å². The molecule has 13 heavy (non-hydrogen) atoms. The van der Waals surface area contributed by atoms with Crippen molar-refractivity contribution < 1.29 is 0 Å². The highest BCUT2D eigenvalue weighted by atomic mass is 15.1. The molecule has 0 N–H and O–H groups in total. The normalized spacial score (nSPS) is 9.08. The molecule has 0 atom stereocenters. The molecule has 0 fully saturated rings. The number of anilines is 1. The van der Waals surface area contributed by atoms with Gasteiger partial charge in [-0.25, -0.2) is 0 Å². The van der Waals surface area contributed by atoms with E-state index >= 15 is 0 Å². The van der Waals surface area contributed by atoms with Gasteiger partial charge in [-0.3, -0.25) is 4.98 Å². The van der Waals surface area contributed by atoms with E-state index in [1.165, 1.54) is 5.69 Å². The second-order valence-corrected chi connectivity index (χ2v) is 3.44. The first-order valence-corrected chi connectivity index (χ1v) is 4.22. The zero-order chi connectivity index (χ0) is 10.3. The van der Waals surface area contributed by atoms with E-state index in [4.69, 9.17) is 0 Å². The summed E-state index contributed by atoms with van der Waals surface area (Å²) in [7, 11) is 10.0. The molecule has 0 radical (unpaired) electrons. The lowest BCUT2D eigenvalue weighted by Crippen LogP contribution is -2.07. The van der Waals surface area contributed by atoms with Crippen molar-refractivity contribution in [2.24, 2.45) is 0 Å². The molecule has 0 unspecified atom stereocenters. The van der Waals surface area contributed by atoms with Crippen LogP contribution in [0.2, 0.25) is 0 Å². The molecule has 1 rings (SSSR count). The zero-order valence-corrected chi connectivity index (χ0v) is 9.15. The lowest BCUT2D eigenvalue weighted by atomic mass is 10.4. The molecule has 0 spiro atoms. The first-order chi connectivity index (χ1) is 6.04. The molecule has 0 aliphatic carbocycles. The van der Waals surface area contributed by atoms with E-state index in [2.05, 4.69) is 4.98 Å². The smallest absolute Gasteiger partial charge is 0.0391 e. The molecular formula is C10H19N3. The highest BCUT2D eigenvalue weighted by Crippen LogP contribution is 2.05. The lowest BCUT2D eigenvalue weighted by Gasteiger charge is -2.10. The molecule has 3 heteroatoms. The zero-order valence-electron chi connectivity index (χ0n) is 9.15. The summed E-state index contributed by atoms with van der Waals surface area (Å²) in [6, 6.07) is 3.94. The Morgan fingerprint density at radius 2 is 1.31 bits per heavy atom. The van der Waals surface area contributed by atoms with Crippen LogP contribution in [0.1, 0.15) is 0 Å². The van der Waals surface area contributed by atoms with Crippen molar-refractivity contribution >= 4 is 5.69 Å². The van der Waals surface area contributed by atoms with E-state index in [9.17, 15) is 0 Å². The van der Waals surface area contributed by atoms with Crippen LogP contribution in [-0.2, 0) is 0 Å². The van der Waals surface area contributed by atoms with E-state index < -0.39 is 0 Å². The molecule has 3 nitrogen and oxygen atoms in total. The summed E-state index contributed by atoms with van der Waals surface area (Å²) < 4.78 is 0. The lowest BCUT2D eigenvalue weighted by molar-refractivity contribution is 0.505. The van der Waals surface area contributed by atoms with Gasteiger partial charge in [0.15, 0.2) is 0 Å². The average Bonchev–Trinajstić information content (AvgIpc) is 2.05. The molecule has 0 saturated carbocycles. The van der Waals surface area contributed by atoms with Gasteiger partial charge >= 0.3 is 0 Å². The first-order valence-electron chi connectivity index (χ1n) is 4.22. The van der Waals surface area contributed by atoms with Crippen molar-refractivity contribution in [1.29, 1.82) is 0 Å². The van der Waals surface area contributed by atoms with Gasteiger partial charge in [-0.1, -0.05) is 0 Å². The van der Waals surface area contributed by atoms with Crippen LogP contribution in [0.15, 0.2) is 24.5 Å². The molecule has 0 aromatic carbocycles. The monoisotopic (exact) mass is 181 g/mol. The van der Waals surface area contributed by atoms with Crippen molar-refractivity contribution in [3.8, 4) is 0 Å². The Labute approximate surface area is 81.0 Å². The maximum Gasteiger partial charge on any atom is 0.0391 e. The second kappa shape index (κ2) is 6.43. The number of hydrogen-bond acceptors (Lipinski definition) is 3. The summed E-state index contributed by atoms with van der Waals surface area (Å²) in [5.41, 5.74) is 1.19. The minimum absolute atomic E-state index is 1.19. The second-order valence-electron chi connectivity index (χ2n) is 3.44. The van der Waals surface area contributed by atoms with Gasteiger partial charge in [0.25, 0.3) is 0 Å². The Morgan fingerprint density at radius 1 is 0.923 bits per heavy atom. The van der Waals surface area contributed by atoms with Crippen LogP contribution in [0, 0.1) is 0 Å². The van der Waals surface area contributed by atoms with E-state index in [0.717, 1.165) is 0 Å². The Bertz CT molecular complexity index is 204. The first kappa shape index (κ1) is 11.9. The summed E-state index contributed by atoms with van der Waals surface area (Å²) in [5.74, 6) is 0. The third kappa shape index (κ3) is 7.28. The Hall–Kier alpha value is -1.09. The Kier molecular flexibility index (Phi) is 5.89. The summed E-state index contributed by atoms with van der Waals surface area (Å²) >= 11 is 0. The average molecular weight is 181 g/mol. The predicted octanol–water partition coefficient (Wildman–Crippen LogP) is 1.33. The van der Waals surface area contributed by atoms with Crippen molar-refractivity contribution in [1.82, 2.24) is 9.88 Å². The molecular weight excluding hydrogens is 162 g/mol. The molecule has 1 aromatic heterocycles. The van der Waals surface area contributed by atoms with Crippen molar-refractivity contribution in [2.45, 2.75) is 0 Å². The van der Waals surface area contributed by atoms with E-state index in [0.29, 0.717) is 0 Å². The van der Waals surface area contributed by atoms with Crippen LogP contribution in [-0.4, -0.2) is 45.1 Å². The molecule has 0 aliphatic heterocycles. The summed E-state index contributed by atoms with van der Waals surface area (Å²) in [4.78, 5) is 7.94. The Morgan fingerprint density at radius 3 is 1.54 bits per heavy atom. The minimum Gasteiger partial charge on any atom is -0.378 e. The number of rotatable bonds is 1. The number of nitrogens with zero attached hydrogens (tertiary/aromatic N) is 3. The fourth-order valence-electron chi connectivity index (χ4n) is 0.642. The third-order valence-corrected chi connectivity index (χ3v) is 1.18. The number of aromatic nitrogens is 1. The highest BCUT2D eigenvalue weighted by molar-refractivity contribution is 5.42. The maximum atomic E-state index is 3.90. The molecule has 0 bridgehead atoms. The van der Waals surface area contributed by atoms with E-state index in [1.807, 2.05) is 57.2 Å². The van der Waals surface area contributed by atoms with Gasteiger partial charge in [-0.05, 0) is 33.3 Å². The number of hydrogen-bond donors (Lipinski definition) is 0. The third-order valence-electron chi connectivity index (χ3n) is 1.18. The molecule has 74 valence electrons. The quantitative estimate of drug-likeness (QED) is 0.651. The topological polar surface area (TPSA) is 19.4 Å². The van der Waals surface area contributed by atoms with Gasteiger partial charge in [0.2, 0.25) is 0 Å². The van der Waals surface area contributed by atoms with Crippen LogP contribution in [0.5, 0.6) is 0 Å². The largest absolute Gasteiger partial charge is 0.378 e. The highest BCUT2D eigenvalue weighted by Gasteiger charge is 1.88. The standard InChI is InChI=1S/C7H10N2.C3H9N/c1-9(2)7-3-5-8-6-4-7;1-4(2)3/h3-6H,1-2H3;1-3H3. The van der Waals surface area contributed by atoms with E-state index in [-0.39, 0.29) is 0 Å². The molecule has 0 amide bonds. The number of pyridine rings is 1. The molecule has 0 saturated heterocycles. The molecule has 0 aliphatic rings. The SMILES string of the molecule is CN(C)C.CN(C)c1ccncc1. The van der Waals surface area contributed by atoms with Crippen LogP contribution >= 0.6 is 0 Å². The van der Waals surface area contributed by atoms with Crippen molar-refractivity contribution in [3.05, 3.63) is 24.5 Å². The molecule has 1 aromatic rings. The van der Waals surface area contributed by atoms with E-state index in [1.54, 1.807) is 12.4 Å². The summed E-state index contributed by atoms with van der Waals surface area (Å²) in [6.07, 6.45) is 3.57. The summed E-state index contributed by atoms with van der Waals surface area (Å²) in [5, 5.41) is 0.